The van der Waals surface area contributed by atoms with E-state index in [4.69, 9.17) is 0 Å². The Labute approximate surface area is 126 Å². The molecule has 2 bridgehead atoms. The smallest absolute Gasteiger partial charge is 0.167 e. The molecule has 0 aliphatic carbocycles. The second-order valence-corrected chi connectivity index (χ2v) is 6.12. The minimum atomic E-state index is 0.405. The number of aryl methyl sites for hydroxylation is 1. The van der Waals surface area contributed by atoms with E-state index in [0.717, 1.165) is 36.9 Å². The van der Waals surface area contributed by atoms with Crippen LogP contribution in [-0.4, -0.2) is 28.3 Å². The number of aromatic nitrogens is 2. The van der Waals surface area contributed by atoms with Crippen molar-refractivity contribution >= 4 is 5.82 Å². The average molecular weight is 285 g/mol. The molecule has 2 aliphatic heterocycles. The summed E-state index contributed by atoms with van der Waals surface area (Å²) in [5.41, 5.74) is 2.69. The Kier molecular flexibility index (Phi) is 4.07. The van der Waals surface area contributed by atoms with E-state index < -0.39 is 0 Å². The lowest BCUT2D eigenvalue weighted by molar-refractivity contribution is 0.377. The van der Waals surface area contributed by atoms with Crippen molar-refractivity contribution in [3.05, 3.63) is 16.8 Å². The molecule has 0 radical (unpaired) electrons. The summed E-state index contributed by atoms with van der Waals surface area (Å²) in [4.78, 5) is 0. The maximum atomic E-state index is 9.53. The first-order valence-electron chi connectivity index (χ1n) is 8.06. The molecule has 2 unspecified atom stereocenters. The summed E-state index contributed by atoms with van der Waals surface area (Å²) in [6.45, 7) is 4.13. The third kappa shape index (κ3) is 2.73. The Morgan fingerprint density at radius 1 is 1.19 bits per heavy atom. The lowest BCUT2D eigenvalue weighted by Crippen LogP contribution is -2.43. The molecule has 0 aromatic carbocycles. The van der Waals surface area contributed by atoms with Gasteiger partial charge in [-0.15, -0.1) is 5.10 Å². The van der Waals surface area contributed by atoms with Crippen LogP contribution in [0.15, 0.2) is 0 Å². The second-order valence-electron chi connectivity index (χ2n) is 6.12. The normalized spacial score (nSPS) is 27.4. The van der Waals surface area contributed by atoms with Gasteiger partial charge in [0.05, 0.1) is 5.69 Å². The highest BCUT2D eigenvalue weighted by Gasteiger charge is 2.34. The van der Waals surface area contributed by atoms with Gasteiger partial charge in [-0.05, 0) is 44.1 Å². The van der Waals surface area contributed by atoms with E-state index in [0.29, 0.717) is 29.5 Å². The number of rotatable bonds is 4. The molecule has 3 rings (SSSR count). The maximum Gasteiger partial charge on any atom is 0.167 e. The molecule has 0 spiro atoms. The van der Waals surface area contributed by atoms with Crippen LogP contribution in [-0.2, 0) is 12.8 Å². The summed E-state index contributed by atoms with van der Waals surface area (Å²) in [6, 6.07) is 3.99. The summed E-state index contributed by atoms with van der Waals surface area (Å²) in [5, 5.41) is 25.3. The molecule has 21 heavy (non-hydrogen) atoms. The quantitative estimate of drug-likeness (QED) is 0.887. The fourth-order valence-corrected chi connectivity index (χ4v) is 3.76. The Hall–Kier alpha value is -1.67. The van der Waals surface area contributed by atoms with Crippen LogP contribution in [0.1, 0.15) is 56.4 Å². The fraction of sp³-hybridized carbons (Fsp3) is 0.688. The van der Waals surface area contributed by atoms with Gasteiger partial charge in [0.2, 0.25) is 0 Å². The van der Waals surface area contributed by atoms with Crippen LogP contribution in [0.25, 0.3) is 0 Å². The predicted molar refractivity (Wildman–Crippen MR) is 82.1 cm³/mol. The van der Waals surface area contributed by atoms with Crippen molar-refractivity contribution in [1.29, 1.82) is 5.26 Å². The highest BCUT2D eigenvalue weighted by atomic mass is 15.2. The van der Waals surface area contributed by atoms with Gasteiger partial charge in [0, 0.05) is 18.1 Å². The zero-order valence-electron chi connectivity index (χ0n) is 12.8. The van der Waals surface area contributed by atoms with Crippen LogP contribution < -0.4 is 10.6 Å². The number of hydrogen-bond donors (Lipinski definition) is 2. The fourth-order valence-electron chi connectivity index (χ4n) is 3.76. The van der Waals surface area contributed by atoms with E-state index in [1.165, 1.54) is 12.8 Å². The van der Waals surface area contributed by atoms with Gasteiger partial charge in [0.25, 0.3) is 0 Å². The van der Waals surface area contributed by atoms with E-state index in [9.17, 15) is 5.26 Å². The largest absolute Gasteiger partial charge is 0.365 e. The van der Waals surface area contributed by atoms with Crippen LogP contribution in [0.5, 0.6) is 0 Å². The molecule has 0 amide bonds. The maximum absolute atomic E-state index is 9.53. The molecule has 3 heterocycles. The molecule has 0 saturated carbocycles. The zero-order chi connectivity index (χ0) is 14.8. The SMILES string of the molecule is CCc1nnc(NC2CC3CCC(C2)N3)c(C#N)c1CC. The number of nitrogens with one attached hydrogen (secondary N) is 2. The molecule has 1 aromatic heterocycles. The van der Waals surface area contributed by atoms with Gasteiger partial charge in [-0.25, -0.2) is 0 Å². The molecule has 2 saturated heterocycles. The van der Waals surface area contributed by atoms with Gasteiger partial charge in [-0.2, -0.15) is 10.4 Å². The standard InChI is InChI=1S/C16H23N5/c1-3-13-14(9-17)16(21-20-15(13)4-2)19-12-7-10-5-6-11(8-12)18-10/h10-12,18H,3-8H2,1-2H3,(H,19,21). The molecule has 112 valence electrons. The molecule has 5 heteroatoms. The molecular formula is C16H23N5. The lowest BCUT2D eigenvalue weighted by atomic mass is 9.98. The first kappa shape index (κ1) is 14.3. The number of fused-ring (bicyclic) bond motifs is 2. The molecule has 2 atom stereocenters. The Balaban J connectivity index is 1.84. The van der Waals surface area contributed by atoms with Crippen LogP contribution in [0.4, 0.5) is 5.82 Å². The monoisotopic (exact) mass is 285 g/mol. The van der Waals surface area contributed by atoms with Crippen molar-refractivity contribution in [3.8, 4) is 6.07 Å². The lowest BCUT2D eigenvalue weighted by Gasteiger charge is -2.30. The Morgan fingerprint density at radius 2 is 1.90 bits per heavy atom. The first-order valence-corrected chi connectivity index (χ1v) is 8.06. The second kappa shape index (κ2) is 5.98. The Bertz CT molecular complexity index is 551. The van der Waals surface area contributed by atoms with E-state index in [2.05, 4.69) is 40.7 Å². The Morgan fingerprint density at radius 3 is 2.48 bits per heavy atom. The zero-order valence-corrected chi connectivity index (χ0v) is 12.8. The van der Waals surface area contributed by atoms with E-state index in [1.54, 1.807) is 0 Å². The van der Waals surface area contributed by atoms with E-state index >= 15 is 0 Å². The minimum Gasteiger partial charge on any atom is -0.365 e. The van der Waals surface area contributed by atoms with E-state index in [1.807, 2.05) is 0 Å². The van der Waals surface area contributed by atoms with Crippen molar-refractivity contribution in [3.63, 3.8) is 0 Å². The van der Waals surface area contributed by atoms with Crippen LogP contribution >= 0.6 is 0 Å². The van der Waals surface area contributed by atoms with E-state index in [-0.39, 0.29) is 0 Å². The molecule has 1 aromatic rings. The van der Waals surface area contributed by atoms with Crippen molar-refractivity contribution in [2.24, 2.45) is 0 Å². The summed E-state index contributed by atoms with van der Waals surface area (Å²) < 4.78 is 0. The van der Waals surface area contributed by atoms with Crippen LogP contribution in [0.3, 0.4) is 0 Å². The highest BCUT2D eigenvalue weighted by molar-refractivity contribution is 5.57. The van der Waals surface area contributed by atoms with Gasteiger partial charge >= 0.3 is 0 Å². The van der Waals surface area contributed by atoms with Crippen molar-refractivity contribution in [1.82, 2.24) is 15.5 Å². The number of nitrogens with zero attached hydrogens (tertiary/aromatic N) is 3. The first-order chi connectivity index (χ1) is 10.2. The average Bonchev–Trinajstić information content (AvgIpc) is 2.85. The van der Waals surface area contributed by atoms with Gasteiger partial charge in [0.1, 0.15) is 11.6 Å². The highest BCUT2D eigenvalue weighted by Crippen LogP contribution is 2.29. The molecule has 2 N–H and O–H groups in total. The summed E-state index contributed by atoms with van der Waals surface area (Å²) in [7, 11) is 0. The molecule has 2 aliphatic rings. The summed E-state index contributed by atoms with van der Waals surface area (Å²) in [6.07, 6.45) is 6.42. The summed E-state index contributed by atoms with van der Waals surface area (Å²) >= 11 is 0. The number of piperidine rings is 1. The summed E-state index contributed by atoms with van der Waals surface area (Å²) in [5.74, 6) is 0.679. The van der Waals surface area contributed by atoms with Crippen molar-refractivity contribution in [2.45, 2.75) is 70.5 Å². The number of nitriles is 1. The third-order valence-corrected chi connectivity index (χ3v) is 4.77. The predicted octanol–water partition coefficient (Wildman–Crippen LogP) is 2.17. The topological polar surface area (TPSA) is 73.6 Å². The van der Waals surface area contributed by atoms with Gasteiger partial charge in [-0.3, -0.25) is 0 Å². The van der Waals surface area contributed by atoms with Crippen molar-refractivity contribution < 1.29 is 0 Å². The van der Waals surface area contributed by atoms with Crippen LogP contribution in [0.2, 0.25) is 0 Å². The van der Waals surface area contributed by atoms with Gasteiger partial charge < -0.3 is 10.6 Å². The van der Waals surface area contributed by atoms with Crippen LogP contribution in [0, 0.1) is 11.3 Å². The number of hydrogen-bond acceptors (Lipinski definition) is 5. The van der Waals surface area contributed by atoms with Crippen molar-refractivity contribution in [2.75, 3.05) is 5.32 Å². The van der Waals surface area contributed by atoms with Gasteiger partial charge in [0.15, 0.2) is 5.82 Å². The molecule has 2 fully saturated rings. The molecule has 5 nitrogen and oxygen atoms in total. The third-order valence-electron chi connectivity index (χ3n) is 4.77. The number of anilines is 1. The molecular weight excluding hydrogens is 262 g/mol. The minimum absolute atomic E-state index is 0.405. The van der Waals surface area contributed by atoms with Gasteiger partial charge in [-0.1, -0.05) is 13.8 Å².